The number of nitrogens with one attached hydrogen (secondary N) is 1. The molecule has 0 fully saturated rings. The number of methoxy groups -OCH3 is 1. The lowest BCUT2D eigenvalue weighted by Crippen LogP contribution is -1.88. The van der Waals surface area contributed by atoms with Gasteiger partial charge in [0.25, 0.3) is 0 Å². The molecule has 0 unspecified atom stereocenters. The van der Waals surface area contributed by atoms with Gasteiger partial charge in [0.1, 0.15) is 5.75 Å². The maximum atomic E-state index is 5.34. The fraction of sp³-hybridized carbons (Fsp3) is 0.0769. The van der Waals surface area contributed by atoms with Crippen molar-refractivity contribution in [1.29, 1.82) is 0 Å². The molecule has 0 saturated heterocycles. The molecule has 0 aliphatic rings. The van der Waals surface area contributed by atoms with Crippen LogP contribution in [0, 0.1) is 0 Å². The van der Waals surface area contributed by atoms with Crippen LogP contribution in [0.3, 0.4) is 0 Å². The largest absolute Gasteiger partial charge is 0.494 e. The van der Waals surface area contributed by atoms with Crippen molar-refractivity contribution in [2.24, 2.45) is 0 Å². The maximum Gasteiger partial charge on any atom is 0.159 e. The van der Waals surface area contributed by atoms with E-state index in [1.807, 2.05) is 24.4 Å². The molecular formula is C13H11N3O. The van der Waals surface area contributed by atoms with Crippen molar-refractivity contribution < 1.29 is 4.74 Å². The van der Waals surface area contributed by atoms with E-state index in [4.69, 9.17) is 4.74 Å². The molecule has 0 spiro atoms. The lowest BCUT2D eigenvalue weighted by atomic mass is 10.1. The fourth-order valence-electron chi connectivity index (χ4n) is 1.94. The highest BCUT2D eigenvalue weighted by Gasteiger charge is 2.11. The average Bonchev–Trinajstić information content (AvgIpc) is 2.82. The molecule has 0 amide bonds. The van der Waals surface area contributed by atoms with Crippen LogP contribution in [0.1, 0.15) is 0 Å². The minimum absolute atomic E-state index is 0.705. The van der Waals surface area contributed by atoms with Gasteiger partial charge in [0.05, 0.1) is 12.5 Å². The summed E-state index contributed by atoms with van der Waals surface area (Å²) in [6.07, 6.45) is 5.32. The predicted octanol–water partition coefficient (Wildman–Crippen LogP) is 2.63. The summed E-state index contributed by atoms with van der Waals surface area (Å²) in [4.78, 5) is 11.7. The maximum absolute atomic E-state index is 5.34. The first-order chi connectivity index (χ1) is 8.40. The molecule has 0 aliphatic carbocycles. The van der Waals surface area contributed by atoms with Crippen molar-refractivity contribution in [3.05, 3.63) is 42.9 Å². The Hall–Kier alpha value is -2.36. The number of aromatic amines is 1. The van der Waals surface area contributed by atoms with Gasteiger partial charge >= 0.3 is 0 Å². The topological polar surface area (TPSA) is 50.8 Å². The average molecular weight is 225 g/mol. The van der Waals surface area contributed by atoms with Crippen LogP contribution >= 0.6 is 0 Å². The van der Waals surface area contributed by atoms with Crippen LogP contribution < -0.4 is 4.74 Å². The van der Waals surface area contributed by atoms with Gasteiger partial charge in [-0.2, -0.15) is 0 Å². The monoisotopic (exact) mass is 225 g/mol. The Morgan fingerprint density at radius 3 is 2.71 bits per heavy atom. The number of ether oxygens (including phenoxy) is 1. The Morgan fingerprint density at radius 1 is 1.12 bits per heavy atom. The summed E-state index contributed by atoms with van der Waals surface area (Å²) < 4.78 is 5.34. The standard InChI is InChI=1S/C13H11N3O/c1-17-11-8-16-10-5-2-4-9(12(10)11)13-14-6-3-7-15-13/h2-8,16H,1H3. The Balaban J connectivity index is 2.33. The first kappa shape index (κ1) is 9.84. The van der Waals surface area contributed by atoms with Gasteiger partial charge in [-0.05, 0) is 12.1 Å². The van der Waals surface area contributed by atoms with Crippen LogP contribution in [0.15, 0.2) is 42.9 Å². The molecular weight excluding hydrogens is 214 g/mol. The third-order valence-electron chi connectivity index (χ3n) is 2.70. The summed E-state index contributed by atoms with van der Waals surface area (Å²) in [5.74, 6) is 1.51. The zero-order valence-corrected chi connectivity index (χ0v) is 9.34. The molecule has 0 saturated carbocycles. The van der Waals surface area contributed by atoms with E-state index in [1.165, 1.54) is 0 Å². The second kappa shape index (κ2) is 3.90. The predicted molar refractivity (Wildman–Crippen MR) is 65.9 cm³/mol. The zero-order valence-electron chi connectivity index (χ0n) is 9.34. The number of fused-ring (bicyclic) bond motifs is 1. The van der Waals surface area contributed by atoms with E-state index in [2.05, 4.69) is 15.0 Å². The van der Waals surface area contributed by atoms with Crippen molar-refractivity contribution >= 4 is 10.9 Å². The van der Waals surface area contributed by atoms with Gasteiger partial charge in [-0.3, -0.25) is 0 Å². The Kier molecular flexibility index (Phi) is 2.26. The molecule has 84 valence electrons. The van der Waals surface area contributed by atoms with Gasteiger partial charge in [-0.25, -0.2) is 9.97 Å². The number of aromatic nitrogens is 3. The normalized spacial score (nSPS) is 10.6. The van der Waals surface area contributed by atoms with Gasteiger partial charge in [-0.15, -0.1) is 0 Å². The second-order valence-corrected chi connectivity index (χ2v) is 3.66. The number of benzene rings is 1. The smallest absolute Gasteiger partial charge is 0.159 e. The highest BCUT2D eigenvalue weighted by molar-refractivity contribution is 5.98. The van der Waals surface area contributed by atoms with Crippen LogP contribution in [0.4, 0.5) is 0 Å². The third-order valence-corrected chi connectivity index (χ3v) is 2.70. The zero-order chi connectivity index (χ0) is 11.7. The molecule has 0 aliphatic heterocycles. The number of nitrogens with zero attached hydrogens (tertiary/aromatic N) is 2. The van der Waals surface area contributed by atoms with Crippen LogP contribution in [0.25, 0.3) is 22.3 Å². The molecule has 3 rings (SSSR count). The number of hydrogen-bond donors (Lipinski definition) is 1. The number of rotatable bonds is 2. The molecule has 4 nitrogen and oxygen atoms in total. The van der Waals surface area contributed by atoms with Crippen LogP contribution in [-0.4, -0.2) is 22.1 Å². The summed E-state index contributed by atoms with van der Waals surface area (Å²) in [6, 6.07) is 7.78. The number of hydrogen-bond acceptors (Lipinski definition) is 3. The third kappa shape index (κ3) is 1.54. The molecule has 1 aromatic carbocycles. The Bertz CT molecular complexity index is 646. The molecule has 0 atom stereocenters. The van der Waals surface area contributed by atoms with E-state index in [1.54, 1.807) is 25.6 Å². The minimum atomic E-state index is 0.705. The first-order valence-electron chi connectivity index (χ1n) is 5.31. The van der Waals surface area contributed by atoms with E-state index in [-0.39, 0.29) is 0 Å². The molecule has 17 heavy (non-hydrogen) atoms. The summed E-state index contributed by atoms with van der Waals surface area (Å²) in [7, 11) is 1.66. The Morgan fingerprint density at radius 2 is 1.94 bits per heavy atom. The van der Waals surface area contributed by atoms with E-state index in [0.717, 1.165) is 22.2 Å². The van der Waals surface area contributed by atoms with Crippen molar-refractivity contribution in [2.45, 2.75) is 0 Å². The second-order valence-electron chi connectivity index (χ2n) is 3.66. The van der Waals surface area contributed by atoms with Gasteiger partial charge in [-0.1, -0.05) is 12.1 Å². The summed E-state index contributed by atoms with van der Waals surface area (Å²) >= 11 is 0. The van der Waals surface area contributed by atoms with E-state index in [9.17, 15) is 0 Å². The molecule has 4 heteroatoms. The van der Waals surface area contributed by atoms with Gasteiger partial charge < -0.3 is 9.72 Å². The van der Waals surface area contributed by atoms with Crippen molar-refractivity contribution in [2.75, 3.05) is 7.11 Å². The minimum Gasteiger partial charge on any atom is -0.494 e. The van der Waals surface area contributed by atoms with E-state index >= 15 is 0 Å². The number of H-pyrrole nitrogens is 1. The summed E-state index contributed by atoms with van der Waals surface area (Å²) in [5.41, 5.74) is 1.99. The van der Waals surface area contributed by atoms with Gasteiger partial charge in [0, 0.05) is 29.7 Å². The lowest BCUT2D eigenvalue weighted by molar-refractivity contribution is 0.420. The van der Waals surface area contributed by atoms with Crippen LogP contribution in [0.5, 0.6) is 5.75 Å². The molecule has 1 N–H and O–H groups in total. The van der Waals surface area contributed by atoms with Crippen molar-refractivity contribution in [3.8, 4) is 17.1 Å². The van der Waals surface area contributed by atoms with Gasteiger partial charge in [0.15, 0.2) is 5.82 Å². The Labute approximate surface area is 98.3 Å². The first-order valence-corrected chi connectivity index (χ1v) is 5.31. The highest BCUT2D eigenvalue weighted by Crippen LogP contribution is 2.33. The van der Waals surface area contributed by atoms with Crippen LogP contribution in [-0.2, 0) is 0 Å². The van der Waals surface area contributed by atoms with Gasteiger partial charge in [0.2, 0.25) is 0 Å². The summed E-state index contributed by atoms with van der Waals surface area (Å²) in [6.45, 7) is 0. The van der Waals surface area contributed by atoms with Crippen LogP contribution in [0.2, 0.25) is 0 Å². The van der Waals surface area contributed by atoms with E-state index < -0.39 is 0 Å². The van der Waals surface area contributed by atoms with Crippen molar-refractivity contribution in [3.63, 3.8) is 0 Å². The fourth-order valence-corrected chi connectivity index (χ4v) is 1.94. The SMILES string of the molecule is COc1c[nH]c2cccc(-c3ncccn3)c12. The highest BCUT2D eigenvalue weighted by atomic mass is 16.5. The quantitative estimate of drug-likeness (QED) is 0.729. The van der Waals surface area contributed by atoms with E-state index in [0.29, 0.717) is 5.82 Å². The molecule has 2 heterocycles. The summed E-state index contributed by atoms with van der Waals surface area (Å²) in [5, 5.41) is 1.02. The molecule has 3 aromatic rings. The molecule has 0 bridgehead atoms. The molecule has 2 aromatic heterocycles. The lowest BCUT2D eigenvalue weighted by Gasteiger charge is -2.03. The van der Waals surface area contributed by atoms with Crippen molar-refractivity contribution in [1.82, 2.24) is 15.0 Å². The molecule has 0 radical (unpaired) electrons.